The standard InChI is InChI=1S/C12H15ClFNO3S/c13-10-1-2-12(11(14)7-10)19(17,18)15-5-3-9(8-15)4-6-16/h1-2,7,9,16H,3-6,8H2. The van der Waals surface area contributed by atoms with Gasteiger partial charge in [0.1, 0.15) is 10.7 Å². The van der Waals surface area contributed by atoms with Crippen LogP contribution in [0.5, 0.6) is 0 Å². The summed E-state index contributed by atoms with van der Waals surface area (Å²) in [6.07, 6.45) is 1.25. The average molecular weight is 308 g/mol. The summed E-state index contributed by atoms with van der Waals surface area (Å²) >= 11 is 5.61. The molecule has 0 amide bonds. The van der Waals surface area contributed by atoms with E-state index in [1.807, 2.05) is 0 Å². The Morgan fingerprint density at radius 2 is 2.21 bits per heavy atom. The molecule has 0 radical (unpaired) electrons. The molecular weight excluding hydrogens is 293 g/mol. The fraction of sp³-hybridized carbons (Fsp3) is 0.500. The first-order chi connectivity index (χ1) is 8.95. The molecule has 1 aliphatic rings. The van der Waals surface area contributed by atoms with Gasteiger partial charge in [0, 0.05) is 24.7 Å². The van der Waals surface area contributed by atoms with Crippen LogP contribution in [-0.4, -0.2) is 37.5 Å². The molecule has 0 spiro atoms. The molecule has 0 aliphatic carbocycles. The number of halogens is 2. The summed E-state index contributed by atoms with van der Waals surface area (Å²) in [4.78, 5) is -0.346. The summed E-state index contributed by atoms with van der Waals surface area (Å²) < 4.78 is 39.6. The first kappa shape index (κ1) is 14.7. The van der Waals surface area contributed by atoms with E-state index >= 15 is 0 Å². The van der Waals surface area contributed by atoms with E-state index in [0.29, 0.717) is 25.9 Å². The molecule has 1 aliphatic heterocycles. The molecule has 1 fully saturated rings. The zero-order valence-electron chi connectivity index (χ0n) is 10.2. The van der Waals surface area contributed by atoms with Crippen LogP contribution in [0.15, 0.2) is 23.1 Å². The highest BCUT2D eigenvalue weighted by Crippen LogP contribution is 2.28. The van der Waals surface area contributed by atoms with Gasteiger partial charge in [0.05, 0.1) is 0 Å². The van der Waals surface area contributed by atoms with Gasteiger partial charge in [0.15, 0.2) is 0 Å². The number of aliphatic hydroxyl groups is 1. The smallest absolute Gasteiger partial charge is 0.245 e. The van der Waals surface area contributed by atoms with Gasteiger partial charge in [-0.25, -0.2) is 12.8 Å². The number of aliphatic hydroxyl groups excluding tert-OH is 1. The van der Waals surface area contributed by atoms with Crippen LogP contribution in [0.4, 0.5) is 4.39 Å². The molecule has 0 bridgehead atoms. The molecule has 0 saturated carbocycles. The second kappa shape index (κ2) is 5.75. The fourth-order valence-corrected chi connectivity index (χ4v) is 3.99. The molecule has 1 aromatic carbocycles. The van der Waals surface area contributed by atoms with Gasteiger partial charge < -0.3 is 5.11 Å². The molecule has 1 heterocycles. The molecule has 1 aromatic rings. The quantitative estimate of drug-likeness (QED) is 0.924. The monoisotopic (exact) mass is 307 g/mol. The summed E-state index contributed by atoms with van der Waals surface area (Å²) in [5, 5.41) is 9.03. The lowest BCUT2D eigenvalue weighted by molar-refractivity contribution is 0.259. The van der Waals surface area contributed by atoms with Gasteiger partial charge in [0.2, 0.25) is 10.0 Å². The number of hydrogen-bond donors (Lipinski definition) is 1. The largest absolute Gasteiger partial charge is 0.396 e. The molecule has 2 rings (SSSR count). The average Bonchev–Trinajstić information content (AvgIpc) is 2.78. The first-order valence-corrected chi connectivity index (χ1v) is 7.83. The van der Waals surface area contributed by atoms with Crippen molar-refractivity contribution in [1.29, 1.82) is 0 Å². The Balaban J connectivity index is 2.23. The third-order valence-corrected chi connectivity index (χ3v) is 5.43. The predicted octanol–water partition coefficient (Wildman–Crippen LogP) is 1.87. The Labute approximate surface area is 116 Å². The lowest BCUT2D eigenvalue weighted by Crippen LogP contribution is -2.29. The normalized spacial score (nSPS) is 20.9. The van der Waals surface area contributed by atoms with Crippen LogP contribution in [0.1, 0.15) is 12.8 Å². The van der Waals surface area contributed by atoms with E-state index < -0.39 is 15.8 Å². The van der Waals surface area contributed by atoms with Crippen molar-refractivity contribution in [2.75, 3.05) is 19.7 Å². The Hall–Kier alpha value is -0.690. The lowest BCUT2D eigenvalue weighted by Gasteiger charge is -2.17. The van der Waals surface area contributed by atoms with Crippen molar-refractivity contribution in [3.63, 3.8) is 0 Å². The van der Waals surface area contributed by atoms with E-state index in [9.17, 15) is 12.8 Å². The molecule has 0 aromatic heterocycles. The molecule has 106 valence electrons. The summed E-state index contributed by atoms with van der Waals surface area (Å²) in [7, 11) is -3.82. The number of rotatable bonds is 4. The molecule has 1 atom stereocenters. The zero-order chi connectivity index (χ0) is 14.0. The van der Waals surface area contributed by atoms with Gasteiger partial charge in [-0.3, -0.25) is 0 Å². The van der Waals surface area contributed by atoms with Crippen molar-refractivity contribution in [1.82, 2.24) is 4.31 Å². The Morgan fingerprint density at radius 1 is 1.47 bits per heavy atom. The highest BCUT2D eigenvalue weighted by molar-refractivity contribution is 7.89. The van der Waals surface area contributed by atoms with E-state index in [1.165, 1.54) is 16.4 Å². The third-order valence-electron chi connectivity index (χ3n) is 3.30. The van der Waals surface area contributed by atoms with Gasteiger partial charge in [-0.2, -0.15) is 4.31 Å². The first-order valence-electron chi connectivity index (χ1n) is 6.01. The maximum absolute atomic E-state index is 13.7. The van der Waals surface area contributed by atoms with Crippen LogP contribution in [-0.2, 0) is 10.0 Å². The third kappa shape index (κ3) is 3.08. The van der Waals surface area contributed by atoms with Gasteiger partial charge >= 0.3 is 0 Å². The minimum atomic E-state index is -3.82. The number of nitrogens with zero attached hydrogens (tertiary/aromatic N) is 1. The molecule has 7 heteroatoms. The molecular formula is C12H15ClFNO3S. The highest BCUT2D eigenvalue weighted by Gasteiger charge is 2.33. The van der Waals surface area contributed by atoms with E-state index in [2.05, 4.69) is 0 Å². The van der Waals surface area contributed by atoms with E-state index in [1.54, 1.807) is 0 Å². The van der Waals surface area contributed by atoms with Crippen molar-refractivity contribution < 1.29 is 17.9 Å². The number of sulfonamides is 1. The molecule has 1 unspecified atom stereocenters. The van der Waals surface area contributed by atoms with Crippen molar-refractivity contribution in [3.8, 4) is 0 Å². The summed E-state index contributed by atoms with van der Waals surface area (Å²) in [5.41, 5.74) is 0. The van der Waals surface area contributed by atoms with Crippen LogP contribution in [0.25, 0.3) is 0 Å². The number of hydrogen-bond acceptors (Lipinski definition) is 3. The van der Waals surface area contributed by atoms with Crippen LogP contribution in [0.3, 0.4) is 0 Å². The lowest BCUT2D eigenvalue weighted by atomic mass is 10.1. The van der Waals surface area contributed by atoms with E-state index in [4.69, 9.17) is 16.7 Å². The maximum Gasteiger partial charge on any atom is 0.245 e. The van der Waals surface area contributed by atoms with Gasteiger partial charge in [0.25, 0.3) is 0 Å². The second-order valence-corrected chi connectivity index (χ2v) is 6.95. The maximum atomic E-state index is 13.7. The van der Waals surface area contributed by atoms with Crippen molar-refractivity contribution in [2.24, 2.45) is 5.92 Å². The Kier molecular flexibility index (Phi) is 4.45. The second-order valence-electron chi connectivity index (χ2n) is 4.60. The van der Waals surface area contributed by atoms with Gasteiger partial charge in [-0.05, 0) is 37.0 Å². The summed E-state index contributed by atoms with van der Waals surface area (Å²) in [5.74, 6) is -0.701. The molecule has 1 saturated heterocycles. The van der Waals surface area contributed by atoms with E-state index in [0.717, 1.165) is 6.07 Å². The molecule has 4 nitrogen and oxygen atoms in total. The molecule has 1 N–H and O–H groups in total. The zero-order valence-corrected chi connectivity index (χ0v) is 11.8. The fourth-order valence-electron chi connectivity index (χ4n) is 2.26. The number of benzene rings is 1. The van der Waals surface area contributed by atoms with Crippen LogP contribution in [0.2, 0.25) is 5.02 Å². The van der Waals surface area contributed by atoms with Crippen molar-refractivity contribution in [3.05, 3.63) is 29.0 Å². The van der Waals surface area contributed by atoms with Crippen molar-refractivity contribution in [2.45, 2.75) is 17.7 Å². The van der Waals surface area contributed by atoms with Crippen LogP contribution >= 0.6 is 11.6 Å². The Morgan fingerprint density at radius 3 is 2.84 bits per heavy atom. The van der Waals surface area contributed by atoms with Crippen LogP contribution in [0, 0.1) is 11.7 Å². The topological polar surface area (TPSA) is 57.6 Å². The predicted molar refractivity (Wildman–Crippen MR) is 70.0 cm³/mol. The summed E-state index contributed by atoms with van der Waals surface area (Å²) in [6, 6.07) is 3.54. The minimum Gasteiger partial charge on any atom is -0.396 e. The summed E-state index contributed by atoms with van der Waals surface area (Å²) in [6.45, 7) is 0.716. The highest BCUT2D eigenvalue weighted by atomic mass is 35.5. The van der Waals surface area contributed by atoms with Gasteiger partial charge in [-0.1, -0.05) is 11.6 Å². The SMILES string of the molecule is O=S(=O)(c1ccc(Cl)cc1F)N1CCC(CCO)C1. The molecule has 19 heavy (non-hydrogen) atoms. The minimum absolute atomic E-state index is 0.0356. The van der Waals surface area contributed by atoms with Crippen LogP contribution < -0.4 is 0 Å². The van der Waals surface area contributed by atoms with Gasteiger partial charge in [-0.15, -0.1) is 0 Å². The van der Waals surface area contributed by atoms with Crippen molar-refractivity contribution >= 4 is 21.6 Å². The van der Waals surface area contributed by atoms with E-state index in [-0.39, 0.29) is 22.4 Å². The Bertz CT molecular complexity index is 564.